The monoisotopic (exact) mass is 775 g/mol. The van der Waals surface area contributed by atoms with E-state index in [2.05, 4.69) is 147 Å². The number of hydrogen-bond acceptors (Lipinski definition) is 2. The Morgan fingerprint density at radius 3 is 1.98 bits per heavy atom. The molecule has 0 bridgehead atoms. The van der Waals surface area contributed by atoms with E-state index in [0.29, 0.717) is 5.41 Å². The first kappa shape index (κ1) is 32.9. The third-order valence-corrected chi connectivity index (χ3v) is 7.86. The fourth-order valence-corrected chi connectivity index (χ4v) is 5.70. The first-order valence-electron chi connectivity index (χ1n) is 15.5. The Balaban J connectivity index is 0.000000193. The minimum absolute atomic E-state index is 0. The molecule has 7 aromatic rings. The van der Waals surface area contributed by atoms with E-state index in [1.54, 1.807) is 0 Å². The Labute approximate surface area is 287 Å². The van der Waals surface area contributed by atoms with Gasteiger partial charge in [0.25, 0.3) is 0 Å². The summed E-state index contributed by atoms with van der Waals surface area (Å²) in [7, 11) is 0. The summed E-state index contributed by atoms with van der Waals surface area (Å²) < 4.78 is 0. The van der Waals surface area contributed by atoms with E-state index in [-0.39, 0.29) is 20.1 Å². The van der Waals surface area contributed by atoms with Crippen LogP contribution >= 0.6 is 0 Å². The van der Waals surface area contributed by atoms with E-state index < -0.39 is 0 Å². The summed E-state index contributed by atoms with van der Waals surface area (Å²) >= 11 is 0. The second kappa shape index (κ2) is 14.3. The van der Waals surface area contributed by atoms with Crippen molar-refractivity contribution < 1.29 is 20.1 Å². The molecule has 0 aliphatic heterocycles. The Bertz CT molecular complexity index is 2050. The van der Waals surface area contributed by atoms with Gasteiger partial charge in [-0.25, -0.2) is 0 Å². The number of hydrogen-bond donors (Lipinski definition) is 0. The summed E-state index contributed by atoms with van der Waals surface area (Å²) in [5, 5.41) is 5.11. The predicted octanol–water partition coefficient (Wildman–Crippen LogP) is 11.3. The van der Waals surface area contributed by atoms with Gasteiger partial charge in [-0.2, -0.15) is 0 Å². The van der Waals surface area contributed by atoms with Crippen LogP contribution in [0.3, 0.4) is 0 Å². The summed E-state index contributed by atoms with van der Waals surface area (Å²) in [5.41, 5.74) is 10.3. The maximum Gasteiger partial charge on any atom is 0.0266 e. The van der Waals surface area contributed by atoms with Gasteiger partial charge >= 0.3 is 0 Å². The molecule has 0 aliphatic rings. The largest absolute Gasteiger partial charge is 0.304 e. The molecular formula is C43H38IrN2-2. The van der Waals surface area contributed by atoms with Crippen LogP contribution in [0.2, 0.25) is 0 Å². The summed E-state index contributed by atoms with van der Waals surface area (Å²) in [6, 6.07) is 49.0. The molecule has 0 atom stereocenters. The number of aryl methyl sites for hydroxylation is 2. The molecule has 46 heavy (non-hydrogen) atoms. The molecule has 7 rings (SSSR count). The molecule has 231 valence electrons. The van der Waals surface area contributed by atoms with E-state index in [1.165, 1.54) is 43.8 Å². The van der Waals surface area contributed by atoms with Crippen LogP contribution in [0.25, 0.3) is 55.2 Å². The van der Waals surface area contributed by atoms with E-state index in [9.17, 15) is 0 Å². The van der Waals surface area contributed by atoms with Gasteiger partial charge in [-0.05, 0) is 63.3 Å². The molecule has 0 unspecified atom stereocenters. The molecule has 0 saturated heterocycles. The van der Waals surface area contributed by atoms with Crippen molar-refractivity contribution in [2.45, 2.75) is 41.0 Å². The van der Waals surface area contributed by atoms with Gasteiger partial charge in [0.2, 0.25) is 0 Å². The number of fused-ring (bicyclic) bond motifs is 3. The Kier molecular flexibility index (Phi) is 10.3. The van der Waals surface area contributed by atoms with Crippen molar-refractivity contribution in [2.75, 3.05) is 0 Å². The minimum Gasteiger partial charge on any atom is -0.304 e. The average molecular weight is 775 g/mol. The van der Waals surface area contributed by atoms with Crippen LogP contribution in [0.4, 0.5) is 0 Å². The third-order valence-electron chi connectivity index (χ3n) is 7.86. The van der Waals surface area contributed by atoms with Crippen molar-refractivity contribution in [3.05, 3.63) is 156 Å². The van der Waals surface area contributed by atoms with Crippen molar-refractivity contribution in [1.29, 1.82) is 0 Å². The molecule has 2 nitrogen and oxygen atoms in total. The first-order chi connectivity index (χ1) is 21.7. The Morgan fingerprint density at radius 1 is 0.630 bits per heavy atom. The van der Waals surface area contributed by atoms with Gasteiger partial charge in [-0.15, -0.1) is 65.2 Å². The fourth-order valence-electron chi connectivity index (χ4n) is 5.70. The van der Waals surface area contributed by atoms with Crippen LogP contribution in [0, 0.1) is 31.4 Å². The van der Waals surface area contributed by atoms with Crippen LogP contribution in [0.1, 0.15) is 37.6 Å². The molecule has 1 radical (unpaired) electrons. The topological polar surface area (TPSA) is 25.8 Å². The zero-order valence-electron chi connectivity index (χ0n) is 27.1. The quantitative estimate of drug-likeness (QED) is 0.131. The van der Waals surface area contributed by atoms with Gasteiger partial charge in [0.15, 0.2) is 0 Å². The molecule has 2 heterocycles. The number of pyridine rings is 2. The van der Waals surface area contributed by atoms with Crippen LogP contribution in [0.15, 0.2) is 128 Å². The van der Waals surface area contributed by atoms with Gasteiger partial charge in [-0.3, -0.25) is 0 Å². The van der Waals surface area contributed by atoms with Gasteiger partial charge in [0.1, 0.15) is 0 Å². The zero-order chi connectivity index (χ0) is 31.4. The van der Waals surface area contributed by atoms with Crippen molar-refractivity contribution in [3.8, 4) is 33.6 Å². The average Bonchev–Trinajstić information content (AvgIpc) is 3.05. The normalized spacial score (nSPS) is 11.1. The van der Waals surface area contributed by atoms with E-state index in [0.717, 1.165) is 34.6 Å². The first-order valence-corrected chi connectivity index (χ1v) is 15.5. The maximum absolute atomic E-state index is 4.61. The molecule has 0 fully saturated rings. The molecule has 0 aliphatic carbocycles. The van der Waals surface area contributed by atoms with Crippen LogP contribution < -0.4 is 0 Å². The third kappa shape index (κ3) is 7.85. The van der Waals surface area contributed by atoms with Gasteiger partial charge < -0.3 is 9.97 Å². The molecule has 0 saturated carbocycles. The Hall–Kier alpha value is -4.43. The summed E-state index contributed by atoms with van der Waals surface area (Å²) in [6.07, 6.45) is 3.03. The molecule has 5 aromatic carbocycles. The minimum atomic E-state index is 0. The number of nitrogens with zero attached hydrogens (tertiary/aromatic N) is 2. The zero-order valence-corrected chi connectivity index (χ0v) is 29.5. The van der Waals surface area contributed by atoms with Crippen molar-refractivity contribution >= 4 is 21.5 Å². The molecule has 0 spiro atoms. The molecule has 2 aromatic heterocycles. The summed E-state index contributed by atoms with van der Waals surface area (Å²) in [4.78, 5) is 9.14. The van der Waals surface area contributed by atoms with Gasteiger partial charge in [0, 0.05) is 32.0 Å². The maximum atomic E-state index is 4.61. The summed E-state index contributed by atoms with van der Waals surface area (Å²) in [6.45, 7) is 10.8. The number of benzene rings is 5. The van der Waals surface area contributed by atoms with Crippen LogP contribution in [0.5, 0.6) is 0 Å². The predicted molar refractivity (Wildman–Crippen MR) is 190 cm³/mol. The second-order valence-corrected chi connectivity index (χ2v) is 12.9. The Morgan fingerprint density at radius 2 is 1.33 bits per heavy atom. The molecule has 3 heteroatoms. The standard InChI is InChI=1S/C26H18N.C17H20N.Ir/c1-18-7-6-12-26(27-18)20-15-13-19(14-16-20)25-17-21-8-2-3-9-22(21)23-10-4-5-11-24(23)25;1-13-5-8-15(9-6-13)16-10-7-14(12-18-16)11-17(2,3)4;/h2-15,17H,1H3;5-8,10,12H,11H2,1-4H3;/q2*-1;. The SMILES string of the molecule is Cc1c[c-]c(-c2ccc(CC(C)(C)C)cn2)cc1.Cc1cccc(-c2[c-]cc(-c3cc4ccccc4c4ccccc34)cc2)n1.[Ir]. The van der Waals surface area contributed by atoms with Gasteiger partial charge in [-0.1, -0.05) is 118 Å². The van der Waals surface area contributed by atoms with Crippen LogP contribution in [-0.4, -0.2) is 9.97 Å². The number of rotatable bonds is 4. The number of aromatic nitrogens is 2. The van der Waals surface area contributed by atoms with E-state index in [4.69, 9.17) is 0 Å². The smallest absolute Gasteiger partial charge is 0.0266 e. The van der Waals surface area contributed by atoms with Crippen LogP contribution in [-0.2, 0) is 26.5 Å². The molecule has 0 amide bonds. The molecule has 0 N–H and O–H groups in total. The van der Waals surface area contributed by atoms with Gasteiger partial charge in [0.05, 0.1) is 0 Å². The summed E-state index contributed by atoms with van der Waals surface area (Å²) in [5.74, 6) is 0. The molecular weight excluding hydrogens is 737 g/mol. The van der Waals surface area contributed by atoms with Crippen molar-refractivity contribution in [3.63, 3.8) is 0 Å². The van der Waals surface area contributed by atoms with Crippen molar-refractivity contribution in [1.82, 2.24) is 9.97 Å². The van der Waals surface area contributed by atoms with E-state index in [1.807, 2.05) is 37.4 Å². The fraction of sp³-hybridized carbons (Fsp3) is 0.163. The van der Waals surface area contributed by atoms with E-state index >= 15 is 0 Å². The van der Waals surface area contributed by atoms with Crippen molar-refractivity contribution in [2.24, 2.45) is 5.41 Å². The second-order valence-electron chi connectivity index (χ2n) is 12.9.